The van der Waals surface area contributed by atoms with E-state index in [1.807, 2.05) is 0 Å². The molecule has 2 aromatic rings. The van der Waals surface area contributed by atoms with Gasteiger partial charge in [-0.05, 0) is 61.4 Å². The Balaban J connectivity index is 1.69. The summed E-state index contributed by atoms with van der Waals surface area (Å²) in [5.41, 5.74) is 0. The van der Waals surface area contributed by atoms with Crippen molar-refractivity contribution in [2.24, 2.45) is 0 Å². The van der Waals surface area contributed by atoms with Gasteiger partial charge in [0.1, 0.15) is 36.2 Å². The molecule has 0 unspecified atom stereocenters. The van der Waals surface area contributed by atoms with E-state index in [0.717, 1.165) is 37.6 Å². The first-order valence-corrected chi connectivity index (χ1v) is 17.1. The predicted molar refractivity (Wildman–Crippen MR) is 134 cm³/mol. The molecule has 0 aromatic heterocycles. The molecule has 0 heterocycles. The number of hydrogen-bond acceptors (Lipinski definition) is 2. The number of unbranched alkanes of at least 4 members (excludes halogenated alkanes) is 10. The summed E-state index contributed by atoms with van der Waals surface area (Å²) in [5, 5.41) is 0. The molecule has 0 bridgehead atoms. The standard InChI is InChI=1S/C29H45IO2/c1-4-6-8-10-12-14-24-31-28-20-16-26(17-21-28)30(3)27-18-22-29(23-19-27)32-25-15-13-11-9-7-5-2/h16-23H,4-15,24-25H2,1-3H3/q+1. The lowest BCUT2D eigenvalue weighted by molar-refractivity contribution is -0.833. The maximum absolute atomic E-state index is 5.94. The Morgan fingerprint density at radius 3 is 1.22 bits per heavy atom. The molecule has 2 nitrogen and oxygen atoms in total. The number of alkyl halides is 1. The van der Waals surface area contributed by atoms with Crippen LogP contribution in [0.4, 0.5) is 0 Å². The maximum Gasteiger partial charge on any atom is 0.151 e. The Morgan fingerprint density at radius 2 is 0.844 bits per heavy atom. The van der Waals surface area contributed by atoms with Gasteiger partial charge in [0.15, 0.2) is 7.14 Å². The van der Waals surface area contributed by atoms with E-state index in [9.17, 15) is 0 Å². The van der Waals surface area contributed by atoms with E-state index < -0.39 is 19.8 Å². The quantitative estimate of drug-likeness (QED) is 0.139. The molecule has 0 spiro atoms. The van der Waals surface area contributed by atoms with Crippen LogP contribution in [0, 0.1) is 7.14 Å². The smallest absolute Gasteiger partial charge is 0.151 e. The predicted octanol–water partition coefficient (Wildman–Crippen LogP) is 5.46. The zero-order chi connectivity index (χ0) is 22.9. The van der Waals surface area contributed by atoms with Gasteiger partial charge in [0.2, 0.25) is 0 Å². The highest BCUT2D eigenvalue weighted by atomic mass is 127. The summed E-state index contributed by atoms with van der Waals surface area (Å²) in [7, 11) is 0. The molecule has 179 valence electrons. The van der Waals surface area contributed by atoms with Crippen LogP contribution < -0.4 is 29.3 Å². The van der Waals surface area contributed by atoms with Gasteiger partial charge in [0.05, 0.1) is 13.2 Å². The molecule has 0 aliphatic heterocycles. The Labute approximate surface area is 204 Å². The Bertz CT molecular complexity index is 635. The minimum atomic E-state index is -1.37. The molecule has 0 N–H and O–H groups in total. The Hall–Kier alpha value is -1.23. The van der Waals surface area contributed by atoms with Crippen LogP contribution in [0.5, 0.6) is 11.5 Å². The molecule has 0 fully saturated rings. The largest absolute Gasteiger partial charge is 0.494 e. The topological polar surface area (TPSA) is 18.5 Å². The molecule has 0 atom stereocenters. The number of ether oxygens (including phenoxy) is 2. The van der Waals surface area contributed by atoms with Crippen molar-refractivity contribution >= 4 is 0 Å². The summed E-state index contributed by atoms with van der Waals surface area (Å²) >= 11 is -1.37. The van der Waals surface area contributed by atoms with Gasteiger partial charge in [-0.25, -0.2) is 0 Å². The fourth-order valence-corrected chi connectivity index (χ4v) is 7.31. The summed E-state index contributed by atoms with van der Waals surface area (Å²) in [6, 6.07) is 17.7. The molecule has 3 heteroatoms. The SMILES string of the molecule is CCCCCCCCOc1ccc([I+](C)c2ccc(OCCCCCCCC)cc2)cc1. The molecular weight excluding hydrogens is 507 g/mol. The second-order valence-electron chi connectivity index (χ2n) is 8.61. The van der Waals surface area contributed by atoms with Crippen LogP contribution in [0.15, 0.2) is 48.5 Å². The van der Waals surface area contributed by atoms with Crippen molar-refractivity contribution in [2.75, 3.05) is 18.1 Å². The van der Waals surface area contributed by atoms with Crippen molar-refractivity contribution in [3.8, 4) is 11.5 Å². The van der Waals surface area contributed by atoms with Crippen molar-refractivity contribution in [2.45, 2.75) is 90.9 Å². The third kappa shape index (κ3) is 11.1. The fraction of sp³-hybridized carbons (Fsp3) is 0.586. The summed E-state index contributed by atoms with van der Waals surface area (Å²) in [4.78, 5) is 2.42. The van der Waals surface area contributed by atoms with Gasteiger partial charge in [-0.15, -0.1) is 0 Å². The van der Waals surface area contributed by atoms with Crippen LogP contribution >= 0.6 is 0 Å². The van der Waals surface area contributed by atoms with Crippen molar-refractivity contribution in [3.63, 3.8) is 0 Å². The van der Waals surface area contributed by atoms with E-state index in [1.165, 1.54) is 71.3 Å². The van der Waals surface area contributed by atoms with E-state index in [4.69, 9.17) is 9.47 Å². The monoisotopic (exact) mass is 552 g/mol. The molecule has 1 radical (unpaired) electrons. The second kappa shape index (κ2) is 17.3. The lowest BCUT2D eigenvalue weighted by Crippen LogP contribution is -3.84. The summed E-state index contributed by atoms with van der Waals surface area (Å²) in [6.45, 7) is 6.19. The van der Waals surface area contributed by atoms with Gasteiger partial charge in [0.25, 0.3) is 0 Å². The molecule has 0 aliphatic rings. The fourth-order valence-electron chi connectivity index (χ4n) is 3.71. The van der Waals surface area contributed by atoms with Gasteiger partial charge < -0.3 is 9.47 Å². The Kier molecular flexibility index (Phi) is 14.6. The first-order chi connectivity index (χ1) is 15.7. The van der Waals surface area contributed by atoms with Crippen molar-refractivity contribution in [3.05, 3.63) is 55.7 Å². The lowest BCUT2D eigenvalue weighted by Gasteiger charge is -2.08. The van der Waals surface area contributed by atoms with Crippen LogP contribution in [0.3, 0.4) is 0 Å². The van der Waals surface area contributed by atoms with Gasteiger partial charge in [0, 0.05) is 0 Å². The Morgan fingerprint density at radius 1 is 0.500 bits per heavy atom. The van der Waals surface area contributed by atoms with Crippen molar-refractivity contribution in [1.29, 1.82) is 0 Å². The minimum absolute atomic E-state index is 0.833. The van der Waals surface area contributed by atoms with Gasteiger partial charge >= 0.3 is 0 Å². The van der Waals surface area contributed by atoms with E-state index >= 15 is 0 Å². The van der Waals surface area contributed by atoms with Crippen LogP contribution in [-0.2, 0) is 0 Å². The lowest BCUT2D eigenvalue weighted by atomic mass is 10.1. The molecule has 0 saturated heterocycles. The highest BCUT2D eigenvalue weighted by molar-refractivity contribution is 5.22. The highest BCUT2D eigenvalue weighted by Gasteiger charge is 2.20. The third-order valence-corrected chi connectivity index (χ3v) is 11.0. The zero-order valence-electron chi connectivity index (χ0n) is 20.7. The van der Waals surface area contributed by atoms with Crippen LogP contribution in [-0.4, -0.2) is 18.1 Å². The molecule has 0 amide bonds. The summed E-state index contributed by atoms with van der Waals surface area (Å²) < 4.78 is 14.8. The van der Waals surface area contributed by atoms with E-state index in [2.05, 4.69) is 67.3 Å². The first-order valence-electron chi connectivity index (χ1n) is 12.8. The summed E-state index contributed by atoms with van der Waals surface area (Å²) in [5.74, 6) is 2.01. The number of benzene rings is 2. The van der Waals surface area contributed by atoms with Gasteiger partial charge in [-0.3, -0.25) is 0 Å². The van der Waals surface area contributed by atoms with E-state index in [0.29, 0.717) is 0 Å². The average Bonchev–Trinajstić information content (AvgIpc) is 2.83. The molecular formula is C29H45IO2+. The van der Waals surface area contributed by atoms with Crippen LogP contribution in [0.2, 0.25) is 0 Å². The maximum atomic E-state index is 5.94. The first kappa shape index (κ1) is 27.0. The van der Waals surface area contributed by atoms with E-state index in [-0.39, 0.29) is 0 Å². The molecule has 2 aromatic carbocycles. The number of hydrogen-bond donors (Lipinski definition) is 0. The third-order valence-electron chi connectivity index (χ3n) is 5.82. The average molecular weight is 553 g/mol. The van der Waals surface area contributed by atoms with Gasteiger partial charge in [-0.2, -0.15) is 0 Å². The zero-order valence-corrected chi connectivity index (χ0v) is 22.9. The number of halogens is 1. The molecule has 32 heavy (non-hydrogen) atoms. The molecule has 0 saturated carbocycles. The molecule has 0 aliphatic carbocycles. The van der Waals surface area contributed by atoms with Gasteiger partial charge in [-0.1, -0.05) is 78.1 Å². The van der Waals surface area contributed by atoms with E-state index in [1.54, 1.807) is 0 Å². The normalized spacial score (nSPS) is 11.1. The number of rotatable bonds is 18. The van der Waals surface area contributed by atoms with Crippen molar-refractivity contribution < 1.29 is 29.3 Å². The van der Waals surface area contributed by atoms with Crippen molar-refractivity contribution in [1.82, 2.24) is 0 Å². The minimum Gasteiger partial charge on any atom is -0.494 e. The highest BCUT2D eigenvalue weighted by Crippen LogP contribution is 2.12. The second-order valence-corrected chi connectivity index (χ2v) is 13.8. The summed E-state index contributed by atoms with van der Waals surface area (Å²) in [6.07, 6.45) is 15.6. The molecule has 2 rings (SSSR count). The van der Waals surface area contributed by atoms with Crippen LogP contribution in [0.25, 0.3) is 0 Å². The van der Waals surface area contributed by atoms with Crippen LogP contribution in [0.1, 0.15) is 90.9 Å².